The SMILES string of the molecule is COCc1cccc(NC(=O)c2ccc(OCc3nnnn3C(C)C)cc2)c1. The number of rotatable bonds is 8. The Morgan fingerprint density at radius 2 is 1.93 bits per heavy atom. The van der Waals surface area contributed by atoms with Crippen molar-refractivity contribution < 1.29 is 14.3 Å². The van der Waals surface area contributed by atoms with Gasteiger partial charge < -0.3 is 14.8 Å². The number of hydrogen-bond acceptors (Lipinski definition) is 6. The van der Waals surface area contributed by atoms with Crippen LogP contribution in [0.15, 0.2) is 48.5 Å². The van der Waals surface area contributed by atoms with E-state index in [1.165, 1.54) is 0 Å². The van der Waals surface area contributed by atoms with Gasteiger partial charge in [0, 0.05) is 18.4 Å². The lowest BCUT2D eigenvalue weighted by molar-refractivity contribution is 0.102. The van der Waals surface area contributed by atoms with Gasteiger partial charge in [0.25, 0.3) is 5.91 Å². The zero-order valence-electron chi connectivity index (χ0n) is 16.1. The van der Waals surface area contributed by atoms with Crippen LogP contribution in [0.5, 0.6) is 5.75 Å². The van der Waals surface area contributed by atoms with E-state index in [-0.39, 0.29) is 18.6 Å². The first-order chi connectivity index (χ1) is 13.6. The topological polar surface area (TPSA) is 91.2 Å². The molecule has 0 aliphatic heterocycles. The molecule has 3 rings (SSSR count). The van der Waals surface area contributed by atoms with Crippen molar-refractivity contribution in [1.29, 1.82) is 0 Å². The van der Waals surface area contributed by atoms with Gasteiger partial charge in [0.15, 0.2) is 5.82 Å². The smallest absolute Gasteiger partial charge is 0.255 e. The number of benzene rings is 2. The van der Waals surface area contributed by atoms with E-state index in [1.807, 2.05) is 38.1 Å². The zero-order valence-corrected chi connectivity index (χ0v) is 16.1. The van der Waals surface area contributed by atoms with Crippen LogP contribution in [0.1, 0.15) is 41.6 Å². The predicted octanol–water partition coefficient (Wildman–Crippen LogP) is 3.23. The van der Waals surface area contributed by atoms with Gasteiger partial charge in [-0.05, 0) is 66.2 Å². The first-order valence-electron chi connectivity index (χ1n) is 8.95. The number of amides is 1. The summed E-state index contributed by atoms with van der Waals surface area (Å²) in [6, 6.07) is 14.6. The largest absolute Gasteiger partial charge is 0.486 e. The number of carbonyl (C=O) groups excluding carboxylic acids is 1. The highest BCUT2D eigenvalue weighted by atomic mass is 16.5. The Kier molecular flexibility index (Phi) is 6.33. The molecule has 0 fully saturated rings. The van der Waals surface area contributed by atoms with Crippen molar-refractivity contribution in [2.24, 2.45) is 0 Å². The second-order valence-corrected chi connectivity index (χ2v) is 6.53. The minimum absolute atomic E-state index is 0.155. The summed E-state index contributed by atoms with van der Waals surface area (Å²) >= 11 is 0. The van der Waals surface area contributed by atoms with Gasteiger partial charge in [-0.15, -0.1) is 5.10 Å². The van der Waals surface area contributed by atoms with Gasteiger partial charge in [-0.25, -0.2) is 4.68 Å². The van der Waals surface area contributed by atoms with Gasteiger partial charge in [0.2, 0.25) is 0 Å². The maximum absolute atomic E-state index is 12.4. The maximum Gasteiger partial charge on any atom is 0.255 e. The second-order valence-electron chi connectivity index (χ2n) is 6.53. The number of anilines is 1. The number of aromatic nitrogens is 4. The van der Waals surface area contributed by atoms with E-state index in [1.54, 1.807) is 36.1 Å². The molecule has 0 spiro atoms. The quantitative estimate of drug-likeness (QED) is 0.644. The number of nitrogens with one attached hydrogen (secondary N) is 1. The molecule has 0 aliphatic carbocycles. The second kappa shape index (κ2) is 9.09. The van der Waals surface area contributed by atoms with Gasteiger partial charge in [0.1, 0.15) is 12.4 Å². The van der Waals surface area contributed by atoms with Crippen molar-refractivity contribution in [1.82, 2.24) is 20.2 Å². The highest BCUT2D eigenvalue weighted by Gasteiger charge is 2.11. The molecular formula is C20H23N5O3. The monoisotopic (exact) mass is 381 g/mol. The molecule has 0 radical (unpaired) electrons. The van der Waals surface area contributed by atoms with Crippen LogP contribution in [-0.2, 0) is 18.0 Å². The highest BCUT2D eigenvalue weighted by Crippen LogP contribution is 2.17. The molecule has 2 aromatic carbocycles. The van der Waals surface area contributed by atoms with Crippen molar-refractivity contribution >= 4 is 11.6 Å². The molecule has 0 aliphatic rings. The molecule has 1 amide bonds. The molecule has 8 heteroatoms. The molecule has 3 aromatic rings. The van der Waals surface area contributed by atoms with E-state index in [4.69, 9.17) is 9.47 Å². The normalized spacial score (nSPS) is 10.9. The average molecular weight is 381 g/mol. The van der Waals surface area contributed by atoms with Crippen LogP contribution in [0.4, 0.5) is 5.69 Å². The Balaban J connectivity index is 1.59. The van der Waals surface area contributed by atoms with Crippen LogP contribution in [0.3, 0.4) is 0 Å². The lowest BCUT2D eigenvalue weighted by atomic mass is 10.1. The van der Waals surface area contributed by atoms with Crippen LogP contribution < -0.4 is 10.1 Å². The van der Waals surface area contributed by atoms with E-state index >= 15 is 0 Å². The average Bonchev–Trinajstić information content (AvgIpc) is 3.16. The maximum atomic E-state index is 12.4. The summed E-state index contributed by atoms with van der Waals surface area (Å²) in [5.74, 6) is 1.09. The zero-order chi connectivity index (χ0) is 19.9. The lowest BCUT2D eigenvalue weighted by Gasteiger charge is -2.10. The molecule has 0 atom stereocenters. The number of ether oxygens (including phenoxy) is 2. The fraction of sp³-hybridized carbons (Fsp3) is 0.300. The number of methoxy groups -OCH3 is 1. The Morgan fingerprint density at radius 3 is 2.64 bits per heavy atom. The van der Waals surface area contributed by atoms with Gasteiger partial charge in [0.05, 0.1) is 12.6 Å². The number of tetrazole rings is 1. The first kappa shape index (κ1) is 19.5. The summed E-state index contributed by atoms with van der Waals surface area (Å²) in [6.07, 6.45) is 0. The standard InChI is InChI=1S/C20H23N5O3/c1-14(2)25-19(22-23-24-25)13-28-18-9-7-16(8-10-18)20(26)21-17-6-4-5-15(11-17)12-27-3/h4-11,14H,12-13H2,1-3H3,(H,21,26). The first-order valence-corrected chi connectivity index (χ1v) is 8.95. The fourth-order valence-electron chi connectivity index (χ4n) is 2.67. The van der Waals surface area contributed by atoms with Crippen molar-refractivity contribution in [3.8, 4) is 5.75 Å². The summed E-state index contributed by atoms with van der Waals surface area (Å²) < 4.78 is 12.6. The molecule has 0 saturated heterocycles. The molecule has 0 saturated carbocycles. The van der Waals surface area contributed by atoms with Crippen molar-refractivity contribution in [3.05, 3.63) is 65.5 Å². The molecule has 146 valence electrons. The molecule has 1 N–H and O–H groups in total. The van der Waals surface area contributed by atoms with E-state index in [0.717, 1.165) is 11.3 Å². The number of hydrogen-bond donors (Lipinski definition) is 1. The Hall–Kier alpha value is -3.26. The summed E-state index contributed by atoms with van der Waals surface area (Å²) in [6.45, 7) is 4.75. The minimum Gasteiger partial charge on any atom is -0.486 e. The number of nitrogens with zero attached hydrogens (tertiary/aromatic N) is 4. The van der Waals surface area contributed by atoms with Crippen molar-refractivity contribution in [3.63, 3.8) is 0 Å². The van der Waals surface area contributed by atoms with Gasteiger partial charge in [-0.2, -0.15) is 0 Å². The predicted molar refractivity (Wildman–Crippen MR) is 104 cm³/mol. The summed E-state index contributed by atoms with van der Waals surface area (Å²) in [5.41, 5.74) is 2.25. The third kappa shape index (κ3) is 4.92. The van der Waals surface area contributed by atoms with E-state index in [9.17, 15) is 4.79 Å². The Morgan fingerprint density at radius 1 is 1.14 bits per heavy atom. The lowest BCUT2D eigenvalue weighted by Crippen LogP contribution is -2.12. The third-order valence-corrected chi connectivity index (χ3v) is 4.03. The molecule has 8 nitrogen and oxygen atoms in total. The molecule has 0 bridgehead atoms. The van der Waals surface area contributed by atoms with Crippen molar-refractivity contribution in [2.45, 2.75) is 33.1 Å². The summed E-state index contributed by atoms with van der Waals surface area (Å²) in [7, 11) is 1.64. The molecule has 1 aromatic heterocycles. The van der Waals surface area contributed by atoms with Crippen molar-refractivity contribution in [2.75, 3.05) is 12.4 Å². The molecular weight excluding hydrogens is 358 g/mol. The van der Waals surface area contributed by atoms with Crippen LogP contribution in [0.25, 0.3) is 0 Å². The van der Waals surface area contributed by atoms with Gasteiger partial charge in [-0.1, -0.05) is 12.1 Å². The van der Waals surface area contributed by atoms with Gasteiger partial charge >= 0.3 is 0 Å². The van der Waals surface area contributed by atoms with Crippen LogP contribution in [0.2, 0.25) is 0 Å². The van der Waals surface area contributed by atoms with E-state index < -0.39 is 0 Å². The van der Waals surface area contributed by atoms with Crippen LogP contribution in [0, 0.1) is 0 Å². The molecule has 0 unspecified atom stereocenters. The highest BCUT2D eigenvalue weighted by molar-refractivity contribution is 6.04. The summed E-state index contributed by atoms with van der Waals surface area (Å²) in [4.78, 5) is 12.4. The fourth-order valence-corrected chi connectivity index (χ4v) is 2.67. The Labute approximate surface area is 163 Å². The third-order valence-electron chi connectivity index (χ3n) is 4.03. The van der Waals surface area contributed by atoms with Gasteiger partial charge in [-0.3, -0.25) is 4.79 Å². The van der Waals surface area contributed by atoms with E-state index in [0.29, 0.717) is 23.7 Å². The van der Waals surface area contributed by atoms with E-state index in [2.05, 4.69) is 20.8 Å². The minimum atomic E-state index is -0.190. The number of carbonyl (C=O) groups is 1. The molecule has 28 heavy (non-hydrogen) atoms. The molecule has 1 heterocycles. The van der Waals surface area contributed by atoms with Crippen LogP contribution >= 0.6 is 0 Å². The Bertz CT molecular complexity index is 922. The summed E-state index contributed by atoms with van der Waals surface area (Å²) in [5, 5.41) is 14.5. The van der Waals surface area contributed by atoms with Crippen LogP contribution in [-0.4, -0.2) is 33.2 Å².